The van der Waals surface area contributed by atoms with Gasteiger partial charge in [-0.1, -0.05) is 48.5 Å². The second kappa shape index (κ2) is 8.79. The van der Waals surface area contributed by atoms with E-state index in [1.165, 1.54) is 18.1 Å². The Morgan fingerprint density at radius 2 is 1.88 bits per heavy atom. The summed E-state index contributed by atoms with van der Waals surface area (Å²) in [6, 6.07) is 17.6. The van der Waals surface area contributed by atoms with Crippen molar-refractivity contribution in [3.63, 3.8) is 0 Å². The van der Waals surface area contributed by atoms with Crippen LogP contribution in [0.4, 0.5) is 0 Å². The van der Waals surface area contributed by atoms with E-state index in [4.69, 9.17) is 4.74 Å². The smallest absolute Gasteiger partial charge is 0.163 e. The van der Waals surface area contributed by atoms with Crippen molar-refractivity contribution in [2.75, 3.05) is 26.2 Å². The van der Waals surface area contributed by atoms with Crippen LogP contribution in [0.1, 0.15) is 29.3 Å². The minimum Gasteiger partial charge on any atom is -0.490 e. The van der Waals surface area contributed by atoms with Crippen LogP contribution >= 0.6 is 0 Å². The lowest BCUT2D eigenvalue weighted by Crippen LogP contribution is -2.38. The maximum absolute atomic E-state index is 11.6. The first-order valence-electron chi connectivity index (χ1n) is 9.01. The van der Waals surface area contributed by atoms with Crippen LogP contribution in [0.15, 0.2) is 60.7 Å². The van der Waals surface area contributed by atoms with Crippen LogP contribution in [-0.4, -0.2) is 48.1 Å². The van der Waals surface area contributed by atoms with Crippen molar-refractivity contribution in [2.45, 2.75) is 19.4 Å². The number of aliphatic hydroxyl groups is 1. The molecule has 0 saturated heterocycles. The predicted octanol–water partition coefficient (Wildman–Crippen LogP) is 3.42. The molecule has 1 aliphatic heterocycles. The molecule has 4 heteroatoms. The molecule has 136 valence electrons. The summed E-state index contributed by atoms with van der Waals surface area (Å²) in [6.45, 7) is 3.99. The van der Waals surface area contributed by atoms with Gasteiger partial charge in [-0.15, -0.1) is 0 Å². The highest BCUT2D eigenvalue weighted by molar-refractivity contribution is 5.96. The number of carbonyl (C=O) groups is 1. The van der Waals surface area contributed by atoms with E-state index in [1.807, 2.05) is 18.2 Å². The van der Waals surface area contributed by atoms with Gasteiger partial charge in [-0.2, -0.15) is 0 Å². The fourth-order valence-corrected chi connectivity index (χ4v) is 3.21. The minimum absolute atomic E-state index is 0.0373. The van der Waals surface area contributed by atoms with Gasteiger partial charge in [-0.25, -0.2) is 0 Å². The summed E-state index contributed by atoms with van der Waals surface area (Å²) in [5.74, 6) is 0.494. The van der Waals surface area contributed by atoms with Crippen LogP contribution in [0.25, 0.3) is 5.57 Å². The zero-order valence-electron chi connectivity index (χ0n) is 15.1. The number of Topliss-reactive ketones (excluding diaryl/α,β-unsaturated/α-hetero) is 1. The molecule has 3 rings (SSSR count). The number of hydrogen-bond acceptors (Lipinski definition) is 4. The zero-order valence-corrected chi connectivity index (χ0v) is 15.1. The molecule has 1 aliphatic rings. The van der Waals surface area contributed by atoms with Crippen molar-refractivity contribution in [1.82, 2.24) is 4.90 Å². The second-order valence-electron chi connectivity index (χ2n) is 6.62. The molecule has 1 heterocycles. The summed E-state index contributed by atoms with van der Waals surface area (Å²) >= 11 is 0. The number of carbonyl (C=O) groups excluding carboxylic acids is 1. The Bertz CT molecular complexity index is 770. The van der Waals surface area contributed by atoms with Crippen molar-refractivity contribution in [2.24, 2.45) is 0 Å². The molecular formula is C22H25NO3. The van der Waals surface area contributed by atoms with E-state index >= 15 is 0 Å². The lowest BCUT2D eigenvalue weighted by molar-refractivity contribution is 0.0708. The number of ketones is 1. The first kappa shape index (κ1) is 18.4. The number of para-hydroxylation sites is 1. The van der Waals surface area contributed by atoms with Crippen LogP contribution in [0, 0.1) is 0 Å². The summed E-state index contributed by atoms with van der Waals surface area (Å²) < 4.78 is 5.68. The lowest BCUT2D eigenvalue weighted by atomic mass is 9.99. The molecular weight excluding hydrogens is 326 g/mol. The fourth-order valence-electron chi connectivity index (χ4n) is 3.21. The minimum atomic E-state index is -0.596. The van der Waals surface area contributed by atoms with Gasteiger partial charge in [0, 0.05) is 19.6 Å². The molecule has 0 radical (unpaired) electrons. The van der Waals surface area contributed by atoms with E-state index in [-0.39, 0.29) is 12.4 Å². The molecule has 0 spiro atoms. The molecule has 0 aromatic heterocycles. The maximum atomic E-state index is 11.6. The molecule has 1 atom stereocenters. The Kier molecular flexibility index (Phi) is 6.21. The Morgan fingerprint density at radius 1 is 1.15 bits per heavy atom. The molecule has 4 nitrogen and oxygen atoms in total. The predicted molar refractivity (Wildman–Crippen MR) is 103 cm³/mol. The molecule has 0 bridgehead atoms. The number of β-amino-alcohol motifs (C(OH)–C–C–N with tert-alkyl or cyclic N) is 1. The Labute approximate surface area is 154 Å². The first-order valence-corrected chi connectivity index (χ1v) is 9.01. The molecule has 0 amide bonds. The van der Waals surface area contributed by atoms with Gasteiger partial charge < -0.3 is 9.84 Å². The standard InChI is InChI=1S/C22H25NO3/c1-17(24)21-9-5-6-10-22(21)26-16-20(25)15-23-13-11-19(12-14-23)18-7-3-2-4-8-18/h2-11,20,25H,12-16H2,1H3. The van der Waals surface area contributed by atoms with E-state index in [2.05, 4.69) is 35.2 Å². The SMILES string of the molecule is CC(=O)c1ccccc1OCC(O)CN1CC=C(c2ccccc2)CC1. The number of nitrogens with zero attached hydrogens (tertiary/aromatic N) is 1. The van der Waals surface area contributed by atoms with Crippen LogP contribution < -0.4 is 4.74 Å². The van der Waals surface area contributed by atoms with E-state index < -0.39 is 6.10 Å². The zero-order chi connectivity index (χ0) is 18.4. The second-order valence-corrected chi connectivity index (χ2v) is 6.62. The number of aliphatic hydroxyl groups excluding tert-OH is 1. The summed E-state index contributed by atoms with van der Waals surface area (Å²) in [6.07, 6.45) is 2.61. The molecule has 1 N–H and O–H groups in total. The average molecular weight is 351 g/mol. The summed E-state index contributed by atoms with van der Waals surface area (Å²) in [4.78, 5) is 13.8. The first-order chi connectivity index (χ1) is 12.6. The third kappa shape index (κ3) is 4.81. The largest absolute Gasteiger partial charge is 0.490 e. The number of hydrogen-bond donors (Lipinski definition) is 1. The lowest BCUT2D eigenvalue weighted by Gasteiger charge is -2.28. The fraction of sp³-hybridized carbons (Fsp3) is 0.318. The van der Waals surface area contributed by atoms with Crippen LogP contribution in [0.5, 0.6) is 5.75 Å². The topological polar surface area (TPSA) is 49.8 Å². The Balaban J connectivity index is 1.50. The van der Waals surface area contributed by atoms with Gasteiger partial charge in [0.05, 0.1) is 5.56 Å². The quantitative estimate of drug-likeness (QED) is 0.777. The highest BCUT2D eigenvalue weighted by Crippen LogP contribution is 2.22. The molecule has 2 aromatic rings. The van der Waals surface area contributed by atoms with Crippen LogP contribution in [0.3, 0.4) is 0 Å². The van der Waals surface area contributed by atoms with Crippen molar-refractivity contribution >= 4 is 11.4 Å². The number of ether oxygens (including phenoxy) is 1. The molecule has 26 heavy (non-hydrogen) atoms. The highest BCUT2D eigenvalue weighted by Gasteiger charge is 2.17. The summed E-state index contributed by atoms with van der Waals surface area (Å²) in [5, 5.41) is 10.3. The van der Waals surface area contributed by atoms with Crippen molar-refractivity contribution in [1.29, 1.82) is 0 Å². The van der Waals surface area contributed by atoms with Crippen molar-refractivity contribution in [3.8, 4) is 5.75 Å². The maximum Gasteiger partial charge on any atom is 0.163 e. The molecule has 0 saturated carbocycles. The molecule has 1 unspecified atom stereocenters. The van der Waals surface area contributed by atoms with Crippen LogP contribution in [-0.2, 0) is 0 Å². The van der Waals surface area contributed by atoms with E-state index in [9.17, 15) is 9.90 Å². The summed E-state index contributed by atoms with van der Waals surface area (Å²) in [5.41, 5.74) is 3.19. The molecule has 0 aliphatic carbocycles. The van der Waals surface area contributed by atoms with Crippen LogP contribution in [0.2, 0.25) is 0 Å². The van der Waals surface area contributed by atoms with Gasteiger partial charge in [-0.3, -0.25) is 9.69 Å². The van der Waals surface area contributed by atoms with E-state index in [0.717, 1.165) is 19.5 Å². The van der Waals surface area contributed by atoms with Gasteiger partial charge in [-0.05, 0) is 36.6 Å². The number of benzene rings is 2. The van der Waals surface area contributed by atoms with Gasteiger partial charge in [0.2, 0.25) is 0 Å². The summed E-state index contributed by atoms with van der Waals surface area (Å²) in [7, 11) is 0. The third-order valence-corrected chi connectivity index (χ3v) is 4.60. The van der Waals surface area contributed by atoms with E-state index in [0.29, 0.717) is 17.9 Å². The van der Waals surface area contributed by atoms with Gasteiger partial charge in [0.1, 0.15) is 18.5 Å². The van der Waals surface area contributed by atoms with Crippen molar-refractivity contribution < 1.29 is 14.6 Å². The Hall–Kier alpha value is -2.43. The van der Waals surface area contributed by atoms with Gasteiger partial charge in [0.25, 0.3) is 0 Å². The van der Waals surface area contributed by atoms with Gasteiger partial charge in [0.15, 0.2) is 5.78 Å². The third-order valence-electron chi connectivity index (χ3n) is 4.60. The highest BCUT2D eigenvalue weighted by atomic mass is 16.5. The van der Waals surface area contributed by atoms with Gasteiger partial charge >= 0.3 is 0 Å². The Morgan fingerprint density at radius 3 is 2.58 bits per heavy atom. The molecule has 2 aromatic carbocycles. The van der Waals surface area contributed by atoms with E-state index in [1.54, 1.807) is 12.1 Å². The molecule has 0 fully saturated rings. The monoisotopic (exact) mass is 351 g/mol. The average Bonchev–Trinajstić information content (AvgIpc) is 2.68. The van der Waals surface area contributed by atoms with Crippen molar-refractivity contribution in [3.05, 3.63) is 71.8 Å². The number of rotatable bonds is 7. The normalized spacial score (nSPS) is 16.0.